The van der Waals surface area contributed by atoms with Gasteiger partial charge < -0.3 is 24.2 Å². The highest BCUT2D eigenvalue weighted by molar-refractivity contribution is 5.54. The van der Waals surface area contributed by atoms with Gasteiger partial charge in [0, 0.05) is 23.6 Å². The zero-order valence-corrected chi connectivity index (χ0v) is 16.4. The second kappa shape index (κ2) is 9.00. The summed E-state index contributed by atoms with van der Waals surface area (Å²) in [6.45, 7) is 3.30. The first-order chi connectivity index (χ1) is 13.2. The SMILES string of the molecule is COc1ccc([C@@H](CCN2CCCC2)c2c(O)cc(OC)cc2OC)cc1. The Kier molecular flexibility index (Phi) is 6.45. The molecular formula is C22H29NO4. The summed E-state index contributed by atoms with van der Waals surface area (Å²) in [4.78, 5) is 2.49. The molecule has 0 amide bonds. The number of hydrogen-bond acceptors (Lipinski definition) is 5. The topological polar surface area (TPSA) is 51.2 Å². The van der Waals surface area contributed by atoms with Gasteiger partial charge in [0.15, 0.2) is 0 Å². The number of nitrogens with zero attached hydrogens (tertiary/aromatic N) is 1. The molecule has 0 aliphatic carbocycles. The zero-order chi connectivity index (χ0) is 19.2. The predicted octanol–water partition coefficient (Wildman–Crippen LogP) is 4.04. The molecule has 0 saturated carbocycles. The highest BCUT2D eigenvalue weighted by Crippen LogP contribution is 2.43. The summed E-state index contributed by atoms with van der Waals surface area (Å²) in [7, 11) is 4.88. The summed E-state index contributed by atoms with van der Waals surface area (Å²) < 4.78 is 16.2. The predicted molar refractivity (Wildman–Crippen MR) is 106 cm³/mol. The van der Waals surface area contributed by atoms with Crippen molar-refractivity contribution in [1.29, 1.82) is 0 Å². The highest BCUT2D eigenvalue weighted by atomic mass is 16.5. The first-order valence-electron chi connectivity index (χ1n) is 9.47. The Morgan fingerprint density at radius 1 is 0.926 bits per heavy atom. The van der Waals surface area contributed by atoms with Crippen LogP contribution in [0.2, 0.25) is 0 Å². The van der Waals surface area contributed by atoms with Crippen LogP contribution in [-0.4, -0.2) is 51.0 Å². The largest absolute Gasteiger partial charge is 0.507 e. The van der Waals surface area contributed by atoms with E-state index in [1.54, 1.807) is 27.4 Å². The van der Waals surface area contributed by atoms with Crippen LogP contribution in [0.4, 0.5) is 0 Å². The lowest BCUT2D eigenvalue weighted by Crippen LogP contribution is -2.22. The van der Waals surface area contributed by atoms with Gasteiger partial charge in [0.05, 0.1) is 21.3 Å². The maximum atomic E-state index is 10.8. The van der Waals surface area contributed by atoms with Crippen LogP contribution in [0.1, 0.15) is 36.3 Å². The van der Waals surface area contributed by atoms with E-state index >= 15 is 0 Å². The molecule has 1 atom stereocenters. The first kappa shape index (κ1) is 19.4. The molecule has 0 bridgehead atoms. The molecular weight excluding hydrogens is 342 g/mol. The Balaban J connectivity index is 1.97. The molecule has 3 rings (SSSR count). The minimum atomic E-state index is 0.0253. The van der Waals surface area contributed by atoms with E-state index in [-0.39, 0.29) is 11.7 Å². The van der Waals surface area contributed by atoms with E-state index < -0.39 is 0 Å². The number of methoxy groups -OCH3 is 3. The first-order valence-corrected chi connectivity index (χ1v) is 9.47. The fraction of sp³-hybridized carbons (Fsp3) is 0.455. The van der Waals surface area contributed by atoms with E-state index in [0.717, 1.165) is 42.9 Å². The van der Waals surface area contributed by atoms with E-state index in [1.807, 2.05) is 18.2 Å². The fourth-order valence-corrected chi connectivity index (χ4v) is 3.86. The molecule has 1 N–H and O–H groups in total. The average Bonchev–Trinajstić information content (AvgIpc) is 3.22. The highest BCUT2D eigenvalue weighted by Gasteiger charge is 2.25. The van der Waals surface area contributed by atoms with Gasteiger partial charge in [0.2, 0.25) is 0 Å². The molecule has 1 fully saturated rings. The number of benzene rings is 2. The smallest absolute Gasteiger partial charge is 0.130 e. The van der Waals surface area contributed by atoms with Gasteiger partial charge in [0.1, 0.15) is 23.0 Å². The normalized spacial score (nSPS) is 15.5. The lowest BCUT2D eigenvalue weighted by molar-refractivity contribution is 0.322. The van der Waals surface area contributed by atoms with E-state index in [2.05, 4.69) is 17.0 Å². The van der Waals surface area contributed by atoms with Gasteiger partial charge in [-0.2, -0.15) is 0 Å². The molecule has 0 unspecified atom stereocenters. The van der Waals surface area contributed by atoms with Crippen LogP contribution in [0.25, 0.3) is 0 Å². The second-order valence-corrected chi connectivity index (χ2v) is 6.93. The minimum absolute atomic E-state index is 0.0253. The van der Waals surface area contributed by atoms with Gasteiger partial charge in [-0.15, -0.1) is 0 Å². The van der Waals surface area contributed by atoms with Gasteiger partial charge in [-0.1, -0.05) is 12.1 Å². The molecule has 2 aromatic rings. The number of rotatable bonds is 8. The van der Waals surface area contributed by atoms with E-state index in [1.165, 1.54) is 12.8 Å². The summed E-state index contributed by atoms with van der Waals surface area (Å²) in [5.74, 6) is 2.28. The standard InChI is InChI=1S/C22H29NO4/c1-25-17-8-6-16(7-9-17)19(10-13-23-11-4-5-12-23)22-20(24)14-18(26-2)15-21(22)27-3/h6-9,14-15,19,24H,4-5,10-13H2,1-3H3/t19-/m1/s1. The Morgan fingerprint density at radius 3 is 2.19 bits per heavy atom. The van der Waals surface area contributed by atoms with Gasteiger partial charge in [0.25, 0.3) is 0 Å². The van der Waals surface area contributed by atoms with Crippen molar-refractivity contribution >= 4 is 0 Å². The van der Waals surface area contributed by atoms with Gasteiger partial charge >= 0.3 is 0 Å². The van der Waals surface area contributed by atoms with Crippen molar-refractivity contribution in [2.24, 2.45) is 0 Å². The molecule has 1 aliphatic heterocycles. The number of phenolic OH excluding ortho intramolecular Hbond substituents is 1. The maximum absolute atomic E-state index is 10.8. The van der Waals surface area contributed by atoms with Crippen molar-refractivity contribution in [3.8, 4) is 23.0 Å². The Hall–Kier alpha value is -2.40. The molecule has 5 heteroatoms. The third kappa shape index (κ3) is 4.48. The monoisotopic (exact) mass is 371 g/mol. The van der Waals surface area contributed by atoms with Crippen molar-refractivity contribution in [2.75, 3.05) is 41.0 Å². The Labute approximate surface area is 161 Å². The van der Waals surface area contributed by atoms with E-state index in [4.69, 9.17) is 14.2 Å². The maximum Gasteiger partial charge on any atom is 0.130 e. The summed E-state index contributed by atoms with van der Waals surface area (Å²) in [6.07, 6.45) is 3.44. The van der Waals surface area contributed by atoms with Gasteiger partial charge in [-0.3, -0.25) is 0 Å². The molecule has 0 radical (unpaired) electrons. The summed E-state index contributed by atoms with van der Waals surface area (Å²) in [5.41, 5.74) is 1.94. The van der Waals surface area contributed by atoms with Crippen molar-refractivity contribution in [3.63, 3.8) is 0 Å². The van der Waals surface area contributed by atoms with Crippen LogP contribution in [0.5, 0.6) is 23.0 Å². The third-order valence-corrected chi connectivity index (χ3v) is 5.35. The van der Waals surface area contributed by atoms with Gasteiger partial charge in [-0.25, -0.2) is 0 Å². The van der Waals surface area contributed by atoms with Crippen molar-refractivity contribution < 1.29 is 19.3 Å². The second-order valence-electron chi connectivity index (χ2n) is 6.93. The Bertz CT molecular complexity index is 739. The molecule has 0 spiro atoms. The molecule has 146 valence electrons. The van der Waals surface area contributed by atoms with Crippen LogP contribution in [0.15, 0.2) is 36.4 Å². The number of phenols is 1. The summed E-state index contributed by atoms with van der Waals surface area (Å²) in [6, 6.07) is 11.6. The number of likely N-dealkylation sites (tertiary alicyclic amines) is 1. The van der Waals surface area contributed by atoms with Crippen molar-refractivity contribution in [1.82, 2.24) is 4.90 Å². The van der Waals surface area contributed by atoms with Crippen molar-refractivity contribution in [3.05, 3.63) is 47.5 Å². The van der Waals surface area contributed by atoms with Crippen LogP contribution < -0.4 is 14.2 Å². The molecule has 2 aromatic carbocycles. The molecule has 27 heavy (non-hydrogen) atoms. The fourth-order valence-electron chi connectivity index (χ4n) is 3.86. The van der Waals surface area contributed by atoms with Gasteiger partial charge in [-0.05, 0) is 56.6 Å². The number of aromatic hydroxyl groups is 1. The average molecular weight is 371 g/mol. The minimum Gasteiger partial charge on any atom is -0.507 e. The van der Waals surface area contributed by atoms with Crippen LogP contribution in [0.3, 0.4) is 0 Å². The van der Waals surface area contributed by atoms with Crippen LogP contribution in [-0.2, 0) is 0 Å². The summed E-state index contributed by atoms with van der Waals surface area (Å²) in [5, 5.41) is 10.8. The number of hydrogen-bond donors (Lipinski definition) is 1. The Morgan fingerprint density at radius 2 is 1.59 bits per heavy atom. The quantitative estimate of drug-likeness (QED) is 0.759. The van der Waals surface area contributed by atoms with E-state index in [9.17, 15) is 5.11 Å². The third-order valence-electron chi connectivity index (χ3n) is 5.35. The van der Waals surface area contributed by atoms with Crippen molar-refractivity contribution in [2.45, 2.75) is 25.2 Å². The number of ether oxygens (including phenoxy) is 3. The lowest BCUT2D eigenvalue weighted by atomic mass is 9.87. The molecule has 1 aliphatic rings. The molecule has 1 saturated heterocycles. The van der Waals surface area contributed by atoms with E-state index in [0.29, 0.717) is 11.5 Å². The molecule has 1 heterocycles. The summed E-state index contributed by atoms with van der Waals surface area (Å²) >= 11 is 0. The lowest BCUT2D eigenvalue weighted by Gasteiger charge is -2.25. The van der Waals surface area contributed by atoms with Crippen LogP contribution in [0, 0.1) is 0 Å². The molecule has 0 aromatic heterocycles. The molecule has 5 nitrogen and oxygen atoms in total. The van der Waals surface area contributed by atoms with Crippen LogP contribution >= 0.6 is 0 Å². The zero-order valence-electron chi connectivity index (χ0n) is 16.4.